The highest BCUT2D eigenvalue weighted by Gasteiger charge is 2.13. The Bertz CT molecular complexity index is 468. The second-order valence-corrected chi connectivity index (χ2v) is 5.47. The van der Waals surface area contributed by atoms with Gasteiger partial charge in [-0.25, -0.2) is 0 Å². The summed E-state index contributed by atoms with van der Waals surface area (Å²) in [4.78, 5) is 0. The van der Waals surface area contributed by atoms with Gasteiger partial charge in [0.2, 0.25) is 0 Å². The summed E-state index contributed by atoms with van der Waals surface area (Å²) in [5.41, 5.74) is 3.55. The molecule has 0 saturated heterocycles. The zero-order chi connectivity index (χ0) is 14.4. The first-order valence-corrected chi connectivity index (χ1v) is 7.42. The second kappa shape index (κ2) is 7.46. The number of hydrogen-bond acceptors (Lipinski definition) is 3. The number of aryl methyl sites for hydroxylation is 1. The molecule has 0 aliphatic heterocycles. The van der Waals surface area contributed by atoms with Crippen LogP contribution in [0.25, 0.3) is 0 Å². The lowest BCUT2D eigenvalue weighted by Gasteiger charge is -2.16. The lowest BCUT2D eigenvalue weighted by molar-refractivity contribution is 0.171. The number of hydrogen-bond donors (Lipinski definition) is 2. The fraction of sp³-hybridized carbons (Fsp3) is 0.529. The predicted octanol–water partition coefficient (Wildman–Crippen LogP) is 3.13. The zero-order valence-electron chi connectivity index (χ0n) is 12.5. The molecule has 2 N–H and O–H groups in total. The van der Waals surface area contributed by atoms with Crippen molar-refractivity contribution < 1.29 is 9.84 Å². The van der Waals surface area contributed by atoms with E-state index in [-0.39, 0.29) is 0 Å². The lowest BCUT2D eigenvalue weighted by Crippen LogP contribution is -2.23. The largest absolute Gasteiger partial charge is 0.496 e. The van der Waals surface area contributed by atoms with E-state index in [0.29, 0.717) is 6.54 Å². The van der Waals surface area contributed by atoms with Crippen LogP contribution in [-0.4, -0.2) is 25.3 Å². The van der Waals surface area contributed by atoms with Crippen LogP contribution in [0.3, 0.4) is 0 Å². The van der Waals surface area contributed by atoms with E-state index < -0.39 is 6.10 Å². The van der Waals surface area contributed by atoms with Gasteiger partial charge < -0.3 is 15.2 Å². The van der Waals surface area contributed by atoms with Crippen molar-refractivity contribution in [1.29, 1.82) is 0 Å². The number of methoxy groups -OCH3 is 1. The minimum absolute atomic E-state index is 0.526. The molecule has 0 bridgehead atoms. The summed E-state index contributed by atoms with van der Waals surface area (Å²) in [6.45, 7) is 3.51. The van der Waals surface area contributed by atoms with Crippen molar-refractivity contribution in [3.8, 4) is 5.75 Å². The minimum Gasteiger partial charge on any atom is -0.496 e. The van der Waals surface area contributed by atoms with Gasteiger partial charge in [0.15, 0.2) is 0 Å². The fourth-order valence-electron chi connectivity index (χ4n) is 2.68. The predicted molar refractivity (Wildman–Crippen MR) is 82.1 cm³/mol. The van der Waals surface area contributed by atoms with E-state index in [2.05, 4.69) is 11.4 Å². The molecule has 1 aromatic rings. The number of aliphatic hydroxyl groups excluding tert-OH is 1. The Morgan fingerprint density at radius 2 is 2.25 bits per heavy atom. The number of nitrogens with one attached hydrogen (secondary N) is 1. The number of ether oxygens (including phenoxy) is 1. The molecule has 110 valence electrons. The third-order valence-electron chi connectivity index (χ3n) is 3.84. The Labute approximate surface area is 121 Å². The summed E-state index contributed by atoms with van der Waals surface area (Å²) in [6, 6.07) is 5.90. The van der Waals surface area contributed by atoms with Gasteiger partial charge in [-0.1, -0.05) is 23.3 Å². The van der Waals surface area contributed by atoms with E-state index in [0.717, 1.165) is 29.8 Å². The van der Waals surface area contributed by atoms with E-state index in [1.807, 2.05) is 25.1 Å². The summed E-state index contributed by atoms with van der Waals surface area (Å²) in [5, 5.41) is 13.6. The molecule has 0 aromatic heterocycles. The van der Waals surface area contributed by atoms with Crippen molar-refractivity contribution in [2.75, 3.05) is 20.2 Å². The maximum absolute atomic E-state index is 10.3. The molecular formula is C17H25NO2. The Kier molecular flexibility index (Phi) is 5.62. The van der Waals surface area contributed by atoms with E-state index in [9.17, 15) is 5.11 Å². The first-order chi connectivity index (χ1) is 9.70. The van der Waals surface area contributed by atoms with Gasteiger partial charge in [0.25, 0.3) is 0 Å². The van der Waals surface area contributed by atoms with Crippen molar-refractivity contribution in [2.45, 2.75) is 38.7 Å². The molecular weight excluding hydrogens is 250 g/mol. The standard InChI is InChI=1S/C17H25NO2/c1-13-7-8-17(20-2)15(11-13)16(19)12-18-10-9-14-5-3-4-6-14/h5,7-8,11,16,18-19H,3-4,6,9-10,12H2,1-2H3. The van der Waals surface area contributed by atoms with Crippen molar-refractivity contribution in [3.63, 3.8) is 0 Å². The van der Waals surface area contributed by atoms with E-state index in [1.54, 1.807) is 12.7 Å². The van der Waals surface area contributed by atoms with E-state index >= 15 is 0 Å². The van der Waals surface area contributed by atoms with E-state index in [4.69, 9.17) is 4.74 Å². The molecule has 0 amide bonds. The Balaban J connectivity index is 1.81. The van der Waals surface area contributed by atoms with Gasteiger partial charge in [0.1, 0.15) is 5.75 Å². The minimum atomic E-state index is -0.526. The molecule has 20 heavy (non-hydrogen) atoms. The van der Waals surface area contributed by atoms with Crippen LogP contribution in [0.2, 0.25) is 0 Å². The topological polar surface area (TPSA) is 41.5 Å². The van der Waals surface area contributed by atoms with Crippen LogP contribution >= 0.6 is 0 Å². The summed E-state index contributed by atoms with van der Waals surface area (Å²) in [7, 11) is 1.64. The van der Waals surface area contributed by atoms with Crippen LogP contribution in [0.15, 0.2) is 29.8 Å². The average Bonchev–Trinajstić information content (AvgIpc) is 2.96. The number of aliphatic hydroxyl groups is 1. The lowest BCUT2D eigenvalue weighted by atomic mass is 10.0. The third kappa shape index (κ3) is 4.09. The van der Waals surface area contributed by atoms with Gasteiger partial charge in [0.05, 0.1) is 13.2 Å². The average molecular weight is 275 g/mol. The normalized spacial score (nSPS) is 16.1. The summed E-state index contributed by atoms with van der Waals surface area (Å²) < 4.78 is 5.31. The smallest absolute Gasteiger partial charge is 0.124 e. The number of rotatable bonds is 7. The number of benzene rings is 1. The van der Waals surface area contributed by atoms with Crippen LogP contribution in [0.4, 0.5) is 0 Å². The molecule has 1 aromatic carbocycles. The SMILES string of the molecule is COc1ccc(C)cc1C(O)CNCCC1=CCCC1. The molecule has 0 heterocycles. The van der Waals surface area contributed by atoms with Gasteiger partial charge in [0, 0.05) is 12.1 Å². The fourth-order valence-corrected chi connectivity index (χ4v) is 2.68. The van der Waals surface area contributed by atoms with Crippen LogP contribution in [0.5, 0.6) is 5.75 Å². The van der Waals surface area contributed by atoms with Gasteiger partial charge in [-0.3, -0.25) is 0 Å². The van der Waals surface area contributed by atoms with Crippen molar-refractivity contribution in [2.24, 2.45) is 0 Å². The van der Waals surface area contributed by atoms with Crippen molar-refractivity contribution in [3.05, 3.63) is 41.0 Å². The highest BCUT2D eigenvalue weighted by molar-refractivity contribution is 5.38. The molecule has 3 heteroatoms. The highest BCUT2D eigenvalue weighted by Crippen LogP contribution is 2.26. The van der Waals surface area contributed by atoms with E-state index in [1.165, 1.54) is 19.3 Å². The summed E-state index contributed by atoms with van der Waals surface area (Å²) in [5.74, 6) is 0.753. The first-order valence-electron chi connectivity index (χ1n) is 7.42. The zero-order valence-corrected chi connectivity index (χ0v) is 12.5. The molecule has 1 aliphatic rings. The molecule has 0 fully saturated rings. The van der Waals surface area contributed by atoms with Crippen molar-refractivity contribution in [1.82, 2.24) is 5.32 Å². The van der Waals surface area contributed by atoms with Crippen LogP contribution in [0, 0.1) is 6.92 Å². The molecule has 3 nitrogen and oxygen atoms in total. The van der Waals surface area contributed by atoms with Gasteiger partial charge in [-0.15, -0.1) is 0 Å². The quantitative estimate of drug-likeness (QED) is 0.593. The van der Waals surface area contributed by atoms with Crippen LogP contribution in [0.1, 0.15) is 42.9 Å². The monoisotopic (exact) mass is 275 g/mol. The maximum atomic E-state index is 10.3. The van der Waals surface area contributed by atoms with Gasteiger partial charge >= 0.3 is 0 Å². The molecule has 1 aliphatic carbocycles. The van der Waals surface area contributed by atoms with Crippen molar-refractivity contribution >= 4 is 0 Å². The highest BCUT2D eigenvalue weighted by atomic mass is 16.5. The molecule has 2 rings (SSSR count). The number of allylic oxidation sites excluding steroid dienone is 1. The van der Waals surface area contributed by atoms with Gasteiger partial charge in [-0.05, 0) is 51.3 Å². The van der Waals surface area contributed by atoms with Crippen LogP contribution < -0.4 is 10.1 Å². The van der Waals surface area contributed by atoms with Crippen LogP contribution in [-0.2, 0) is 0 Å². The molecule has 0 radical (unpaired) electrons. The Morgan fingerprint density at radius 3 is 2.95 bits per heavy atom. The second-order valence-electron chi connectivity index (χ2n) is 5.47. The Hall–Kier alpha value is -1.32. The third-order valence-corrected chi connectivity index (χ3v) is 3.84. The maximum Gasteiger partial charge on any atom is 0.124 e. The summed E-state index contributed by atoms with van der Waals surface area (Å²) >= 11 is 0. The molecule has 0 saturated carbocycles. The molecule has 0 spiro atoms. The molecule has 1 unspecified atom stereocenters. The summed E-state index contributed by atoms with van der Waals surface area (Å²) in [6.07, 6.45) is 6.70. The van der Waals surface area contributed by atoms with Gasteiger partial charge in [-0.2, -0.15) is 0 Å². The Morgan fingerprint density at radius 1 is 1.40 bits per heavy atom. The first kappa shape index (κ1) is 15.1. The molecule has 1 atom stereocenters.